The van der Waals surface area contributed by atoms with Gasteiger partial charge in [-0.1, -0.05) is 30.3 Å². The molecule has 1 aliphatic heterocycles. The Morgan fingerprint density at radius 3 is 2.64 bits per heavy atom. The van der Waals surface area contributed by atoms with E-state index in [9.17, 15) is 4.79 Å². The molecule has 0 saturated carbocycles. The molecule has 3 aromatic rings. The third-order valence-electron chi connectivity index (χ3n) is 4.41. The zero-order valence-corrected chi connectivity index (χ0v) is 16.0. The zero-order chi connectivity index (χ0) is 17.2. The van der Waals surface area contributed by atoms with Gasteiger partial charge in [0, 0.05) is 26.2 Å². The Labute approximate surface area is 158 Å². The molecular weight excluding hydrogens is 400 g/mol. The molecule has 1 saturated heterocycles. The van der Waals surface area contributed by atoms with Crippen molar-refractivity contribution in [1.82, 2.24) is 14.9 Å². The molecule has 0 spiro atoms. The highest BCUT2D eigenvalue weighted by molar-refractivity contribution is 9.11. The highest BCUT2D eigenvalue weighted by atomic mass is 79.9. The summed E-state index contributed by atoms with van der Waals surface area (Å²) < 4.78 is 1.06. The van der Waals surface area contributed by atoms with Crippen molar-refractivity contribution in [3.63, 3.8) is 0 Å². The van der Waals surface area contributed by atoms with E-state index in [0.717, 1.165) is 51.6 Å². The molecular formula is C18H17BrN4OS. The van der Waals surface area contributed by atoms with E-state index in [0.29, 0.717) is 6.42 Å². The van der Waals surface area contributed by atoms with Crippen LogP contribution in [0.3, 0.4) is 0 Å². The number of anilines is 1. The highest BCUT2D eigenvalue weighted by Crippen LogP contribution is 2.33. The summed E-state index contributed by atoms with van der Waals surface area (Å²) in [5.41, 5.74) is 1.07. The molecule has 0 aliphatic carbocycles. The average Bonchev–Trinajstić information content (AvgIpc) is 3.03. The number of carbonyl (C=O) groups is 1. The second-order valence-electron chi connectivity index (χ2n) is 6.00. The largest absolute Gasteiger partial charge is 0.352 e. The van der Waals surface area contributed by atoms with Gasteiger partial charge in [-0.25, -0.2) is 9.97 Å². The molecule has 1 aromatic carbocycles. The van der Waals surface area contributed by atoms with Crippen LogP contribution in [0.2, 0.25) is 0 Å². The fraction of sp³-hybridized carbons (Fsp3) is 0.278. The van der Waals surface area contributed by atoms with E-state index in [1.54, 1.807) is 17.7 Å². The Bertz CT molecular complexity index is 890. The monoisotopic (exact) mass is 416 g/mol. The Kier molecular flexibility index (Phi) is 4.67. The number of aromatic nitrogens is 2. The maximum Gasteiger partial charge on any atom is 0.227 e. The number of nitrogens with zero attached hydrogens (tertiary/aromatic N) is 4. The summed E-state index contributed by atoms with van der Waals surface area (Å²) in [6.07, 6.45) is 2.09. The van der Waals surface area contributed by atoms with E-state index in [1.807, 2.05) is 35.2 Å². The lowest BCUT2D eigenvalue weighted by Gasteiger charge is -2.35. The van der Waals surface area contributed by atoms with Gasteiger partial charge in [0.05, 0.1) is 15.6 Å². The second-order valence-corrected chi connectivity index (χ2v) is 8.41. The number of piperazine rings is 1. The van der Waals surface area contributed by atoms with E-state index >= 15 is 0 Å². The van der Waals surface area contributed by atoms with E-state index < -0.39 is 0 Å². The van der Waals surface area contributed by atoms with Crippen LogP contribution in [-0.4, -0.2) is 47.0 Å². The van der Waals surface area contributed by atoms with E-state index in [2.05, 4.69) is 36.9 Å². The molecule has 4 rings (SSSR count). The number of thiophene rings is 1. The molecule has 3 heterocycles. The van der Waals surface area contributed by atoms with Crippen LogP contribution in [0.15, 0.2) is 46.5 Å². The molecule has 0 atom stereocenters. The third-order valence-corrected chi connectivity index (χ3v) is 5.95. The smallest absolute Gasteiger partial charge is 0.227 e. The maximum atomic E-state index is 12.5. The molecule has 1 aliphatic rings. The summed E-state index contributed by atoms with van der Waals surface area (Å²) in [6, 6.07) is 12.0. The molecule has 0 radical (unpaired) electrons. The van der Waals surface area contributed by atoms with Crippen LogP contribution in [0.4, 0.5) is 5.82 Å². The molecule has 5 nitrogen and oxygen atoms in total. The summed E-state index contributed by atoms with van der Waals surface area (Å²) in [7, 11) is 0. The van der Waals surface area contributed by atoms with Crippen molar-refractivity contribution >= 4 is 49.2 Å². The fourth-order valence-corrected chi connectivity index (χ4v) is 4.53. The van der Waals surface area contributed by atoms with Crippen molar-refractivity contribution in [2.45, 2.75) is 6.42 Å². The molecule has 0 bridgehead atoms. The second kappa shape index (κ2) is 7.09. The quantitative estimate of drug-likeness (QED) is 0.656. The average molecular weight is 417 g/mol. The van der Waals surface area contributed by atoms with Gasteiger partial charge in [0.2, 0.25) is 5.91 Å². The van der Waals surface area contributed by atoms with E-state index in [4.69, 9.17) is 0 Å². The van der Waals surface area contributed by atoms with Crippen LogP contribution in [0, 0.1) is 0 Å². The number of benzene rings is 1. The highest BCUT2D eigenvalue weighted by Gasteiger charge is 2.23. The van der Waals surface area contributed by atoms with Gasteiger partial charge < -0.3 is 9.80 Å². The zero-order valence-electron chi connectivity index (χ0n) is 13.6. The lowest BCUT2D eigenvalue weighted by atomic mass is 10.1. The number of amides is 1. The van der Waals surface area contributed by atoms with Gasteiger partial charge in [-0.05, 0) is 27.6 Å². The summed E-state index contributed by atoms with van der Waals surface area (Å²) in [5.74, 6) is 1.15. The number of hydrogen-bond acceptors (Lipinski definition) is 5. The first-order chi connectivity index (χ1) is 12.2. The number of hydrogen-bond donors (Lipinski definition) is 0. The Hall–Kier alpha value is -1.99. The first-order valence-electron chi connectivity index (χ1n) is 8.17. The lowest BCUT2D eigenvalue weighted by molar-refractivity contribution is -0.130. The lowest BCUT2D eigenvalue weighted by Crippen LogP contribution is -2.49. The van der Waals surface area contributed by atoms with Crippen LogP contribution in [0.5, 0.6) is 0 Å². The Morgan fingerprint density at radius 1 is 1.12 bits per heavy atom. The Morgan fingerprint density at radius 2 is 1.88 bits per heavy atom. The summed E-state index contributed by atoms with van der Waals surface area (Å²) in [5, 5.41) is 1.07. The van der Waals surface area contributed by atoms with Gasteiger partial charge in [0.1, 0.15) is 17.0 Å². The van der Waals surface area contributed by atoms with Crippen molar-refractivity contribution in [2.75, 3.05) is 31.1 Å². The van der Waals surface area contributed by atoms with Gasteiger partial charge in [0.25, 0.3) is 0 Å². The van der Waals surface area contributed by atoms with Crippen molar-refractivity contribution in [2.24, 2.45) is 0 Å². The number of halogens is 1. The molecule has 7 heteroatoms. The fourth-order valence-electron chi connectivity index (χ4n) is 3.12. The molecule has 0 unspecified atom stereocenters. The van der Waals surface area contributed by atoms with Crippen LogP contribution >= 0.6 is 27.3 Å². The number of carbonyl (C=O) groups excluding carboxylic acids is 1. The van der Waals surface area contributed by atoms with Gasteiger partial charge >= 0.3 is 0 Å². The number of fused-ring (bicyclic) bond motifs is 1. The molecule has 2 aromatic heterocycles. The van der Waals surface area contributed by atoms with E-state index in [-0.39, 0.29) is 5.91 Å². The SMILES string of the molecule is O=C(Cc1ccccc1)N1CCN(c2ncnc3sc(Br)cc23)CC1. The van der Waals surface area contributed by atoms with Crippen molar-refractivity contribution in [3.05, 3.63) is 52.1 Å². The first kappa shape index (κ1) is 16.5. The van der Waals surface area contributed by atoms with Gasteiger partial charge in [0.15, 0.2) is 0 Å². The van der Waals surface area contributed by atoms with Crippen LogP contribution in [-0.2, 0) is 11.2 Å². The normalized spacial score (nSPS) is 14.9. The summed E-state index contributed by atoms with van der Waals surface area (Å²) in [6.45, 7) is 3.03. The van der Waals surface area contributed by atoms with Crippen molar-refractivity contribution < 1.29 is 4.79 Å². The minimum atomic E-state index is 0.192. The standard InChI is InChI=1S/C18H17BrN4OS/c19-15-11-14-17(20-12-21-18(14)25-15)23-8-6-22(7-9-23)16(24)10-13-4-2-1-3-5-13/h1-5,11-12H,6-10H2. The predicted molar refractivity (Wildman–Crippen MR) is 104 cm³/mol. The molecule has 128 valence electrons. The first-order valence-corrected chi connectivity index (χ1v) is 9.78. The third kappa shape index (κ3) is 3.52. The molecule has 25 heavy (non-hydrogen) atoms. The summed E-state index contributed by atoms with van der Waals surface area (Å²) >= 11 is 5.13. The summed E-state index contributed by atoms with van der Waals surface area (Å²) in [4.78, 5) is 26.5. The topological polar surface area (TPSA) is 49.3 Å². The Balaban J connectivity index is 1.43. The van der Waals surface area contributed by atoms with Crippen LogP contribution in [0.1, 0.15) is 5.56 Å². The van der Waals surface area contributed by atoms with Gasteiger partial charge in [-0.2, -0.15) is 0 Å². The van der Waals surface area contributed by atoms with Gasteiger partial charge in [-0.3, -0.25) is 4.79 Å². The number of rotatable bonds is 3. The molecule has 0 N–H and O–H groups in total. The van der Waals surface area contributed by atoms with Crippen LogP contribution < -0.4 is 4.90 Å². The van der Waals surface area contributed by atoms with Crippen molar-refractivity contribution in [1.29, 1.82) is 0 Å². The predicted octanol–water partition coefficient (Wildman–Crippen LogP) is 3.35. The van der Waals surface area contributed by atoms with Crippen molar-refractivity contribution in [3.8, 4) is 0 Å². The molecule has 1 amide bonds. The minimum absolute atomic E-state index is 0.192. The van der Waals surface area contributed by atoms with E-state index in [1.165, 1.54) is 0 Å². The maximum absolute atomic E-state index is 12.5. The van der Waals surface area contributed by atoms with Crippen LogP contribution in [0.25, 0.3) is 10.2 Å². The molecule has 1 fully saturated rings. The minimum Gasteiger partial charge on any atom is -0.352 e. The van der Waals surface area contributed by atoms with Gasteiger partial charge in [-0.15, -0.1) is 11.3 Å².